The minimum Gasteiger partial charge on any atom is -0.339 e. The number of rotatable bonds is 6. The molecule has 3 rings (SSSR count). The summed E-state index contributed by atoms with van der Waals surface area (Å²) in [5.74, 6) is 0.284. The molecular formula is C18H21F2N5O2S. The minimum atomic E-state index is -1.84. The van der Waals surface area contributed by atoms with Crippen molar-refractivity contribution < 1.29 is 13.6 Å². The number of hydrogen-bond donors (Lipinski definition) is 2. The van der Waals surface area contributed by atoms with E-state index in [9.17, 15) is 18.4 Å². The van der Waals surface area contributed by atoms with E-state index in [1.165, 1.54) is 21.5 Å². The molecule has 0 radical (unpaired) electrons. The lowest BCUT2D eigenvalue weighted by Crippen LogP contribution is -2.32. The Hall–Kier alpha value is -2.59. The molecule has 0 aliphatic carbocycles. The minimum absolute atomic E-state index is 0.0599. The van der Waals surface area contributed by atoms with Crippen LogP contribution in [0, 0.1) is 0 Å². The normalized spacial score (nSPS) is 14.1. The lowest BCUT2D eigenvalue weighted by molar-refractivity contribution is -0.128. The molecule has 28 heavy (non-hydrogen) atoms. The van der Waals surface area contributed by atoms with Crippen LogP contribution in [-0.2, 0) is 17.8 Å². The molecule has 0 saturated heterocycles. The zero-order valence-electron chi connectivity index (χ0n) is 15.4. The molecule has 0 saturated carbocycles. The second-order valence-corrected chi connectivity index (χ2v) is 7.65. The third-order valence-corrected chi connectivity index (χ3v) is 5.81. The number of aromatic nitrogens is 3. The quantitative estimate of drug-likeness (QED) is 0.762. The number of halogens is 2. The fraction of sp³-hybridized carbons (Fsp3) is 0.389. The predicted molar refractivity (Wildman–Crippen MR) is 103 cm³/mol. The Kier molecular flexibility index (Phi) is 6.20. The molecule has 150 valence electrons. The molecule has 1 aliphatic heterocycles. The van der Waals surface area contributed by atoms with Crippen LogP contribution in [0.2, 0.25) is 0 Å². The van der Waals surface area contributed by atoms with E-state index in [4.69, 9.17) is 5.73 Å². The molecule has 2 aromatic heterocycles. The molecule has 10 heteroatoms. The fourth-order valence-electron chi connectivity index (χ4n) is 3.03. The SMILES string of the molecule is CC(=O)N1CC=C(c2ccc(Cn3c(CC(CN)=C(F)F)n[nH]c3=O)s2)CC1. The van der Waals surface area contributed by atoms with E-state index in [-0.39, 0.29) is 36.8 Å². The molecule has 0 spiro atoms. The third-order valence-electron chi connectivity index (χ3n) is 4.67. The second-order valence-electron chi connectivity index (χ2n) is 6.49. The van der Waals surface area contributed by atoms with E-state index in [0.29, 0.717) is 13.1 Å². The van der Waals surface area contributed by atoms with Gasteiger partial charge in [-0.05, 0) is 24.1 Å². The number of nitrogens with zero attached hydrogens (tertiary/aromatic N) is 3. The van der Waals surface area contributed by atoms with Gasteiger partial charge in [0, 0.05) is 48.3 Å². The number of aromatic amines is 1. The highest BCUT2D eigenvalue weighted by Gasteiger charge is 2.17. The molecule has 7 nitrogen and oxygen atoms in total. The Morgan fingerprint density at radius 2 is 2.18 bits per heavy atom. The molecule has 2 aromatic rings. The zero-order valence-corrected chi connectivity index (χ0v) is 16.2. The summed E-state index contributed by atoms with van der Waals surface area (Å²) in [4.78, 5) is 27.3. The van der Waals surface area contributed by atoms with E-state index in [1.54, 1.807) is 11.8 Å². The number of H-pyrrole nitrogens is 1. The first-order valence-electron chi connectivity index (χ1n) is 8.79. The van der Waals surface area contributed by atoms with Crippen LogP contribution in [0.3, 0.4) is 0 Å². The maximum absolute atomic E-state index is 12.9. The summed E-state index contributed by atoms with van der Waals surface area (Å²) in [5, 5.41) is 6.18. The highest BCUT2D eigenvalue weighted by molar-refractivity contribution is 7.13. The van der Waals surface area contributed by atoms with Crippen molar-refractivity contribution in [3.05, 3.63) is 55.9 Å². The van der Waals surface area contributed by atoms with E-state index in [1.807, 2.05) is 18.2 Å². The number of hydrogen-bond acceptors (Lipinski definition) is 5. The molecule has 1 amide bonds. The lowest BCUT2D eigenvalue weighted by atomic mass is 10.1. The first-order chi connectivity index (χ1) is 13.4. The summed E-state index contributed by atoms with van der Waals surface area (Å²) in [5.41, 5.74) is 5.83. The average molecular weight is 409 g/mol. The van der Waals surface area contributed by atoms with E-state index in [0.717, 1.165) is 16.2 Å². The summed E-state index contributed by atoms with van der Waals surface area (Å²) in [6.07, 6.45) is 0.795. The zero-order chi connectivity index (χ0) is 20.3. The van der Waals surface area contributed by atoms with Crippen molar-refractivity contribution in [1.29, 1.82) is 0 Å². The molecule has 3 N–H and O–H groups in total. The molecule has 0 aromatic carbocycles. The van der Waals surface area contributed by atoms with Gasteiger partial charge in [-0.3, -0.25) is 9.36 Å². The van der Waals surface area contributed by atoms with Crippen LogP contribution in [-0.4, -0.2) is 45.2 Å². The van der Waals surface area contributed by atoms with Gasteiger partial charge in [0.25, 0.3) is 6.08 Å². The van der Waals surface area contributed by atoms with Crippen molar-refractivity contribution in [3.63, 3.8) is 0 Å². The van der Waals surface area contributed by atoms with Crippen LogP contribution in [0.25, 0.3) is 5.57 Å². The summed E-state index contributed by atoms with van der Waals surface area (Å²) >= 11 is 1.54. The van der Waals surface area contributed by atoms with E-state index >= 15 is 0 Å². The Bertz CT molecular complexity index is 984. The fourth-order valence-corrected chi connectivity index (χ4v) is 4.09. The van der Waals surface area contributed by atoms with Gasteiger partial charge in [0.15, 0.2) is 0 Å². The van der Waals surface area contributed by atoms with Gasteiger partial charge < -0.3 is 10.6 Å². The lowest BCUT2D eigenvalue weighted by Gasteiger charge is -2.24. The first-order valence-corrected chi connectivity index (χ1v) is 9.61. The number of carbonyl (C=O) groups excluding carboxylic acids is 1. The highest BCUT2D eigenvalue weighted by Crippen LogP contribution is 2.29. The summed E-state index contributed by atoms with van der Waals surface area (Å²) < 4.78 is 27.1. The second kappa shape index (κ2) is 8.61. The van der Waals surface area contributed by atoms with Crippen LogP contribution in [0.1, 0.15) is 28.9 Å². The van der Waals surface area contributed by atoms with Gasteiger partial charge in [-0.15, -0.1) is 11.3 Å². The molecular weight excluding hydrogens is 388 g/mol. The number of nitrogens with two attached hydrogens (primary N) is 1. The Morgan fingerprint density at radius 1 is 1.39 bits per heavy atom. The maximum atomic E-state index is 12.9. The molecule has 1 aliphatic rings. The summed E-state index contributed by atoms with van der Waals surface area (Å²) in [6, 6.07) is 3.89. The summed E-state index contributed by atoms with van der Waals surface area (Å²) in [6.45, 7) is 2.78. The molecule has 0 bridgehead atoms. The van der Waals surface area contributed by atoms with Crippen molar-refractivity contribution in [1.82, 2.24) is 19.7 Å². The van der Waals surface area contributed by atoms with Gasteiger partial charge >= 0.3 is 5.69 Å². The highest BCUT2D eigenvalue weighted by atomic mass is 32.1. The number of thiophene rings is 1. The van der Waals surface area contributed by atoms with Crippen LogP contribution >= 0.6 is 11.3 Å². The molecule has 0 unspecified atom stereocenters. The van der Waals surface area contributed by atoms with Crippen molar-refractivity contribution >= 4 is 22.8 Å². The Balaban J connectivity index is 1.76. The predicted octanol–water partition coefficient (Wildman–Crippen LogP) is 1.97. The van der Waals surface area contributed by atoms with Gasteiger partial charge in [-0.2, -0.15) is 13.9 Å². The average Bonchev–Trinajstić information content (AvgIpc) is 3.28. The van der Waals surface area contributed by atoms with Crippen molar-refractivity contribution in [2.24, 2.45) is 5.73 Å². The first kappa shape index (κ1) is 20.2. The topological polar surface area (TPSA) is 97.0 Å². The van der Waals surface area contributed by atoms with Gasteiger partial charge in [-0.25, -0.2) is 9.89 Å². The van der Waals surface area contributed by atoms with Gasteiger partial charge in [0.05, 0.1) is 6.54 Å². The van der Waals surface area contributed by atoms with Gasteiger partial charge in [0.2, 0.25) is 5.91 Å². The van der Waals surface area contributed by atoms with Gasteiger partial charge in [0.1, 0.15) is 5.82 Å². The van der Waals surface area contributed by atoms with Crippen LogP contribution in [0.4, 0.5) is 8.78 Å². The summed E-state index contributed by atoms with van der Waals surface area (Å²) in [7, 11) is 0. The molecule has 0 atom stereocenters. The molecule has 0 fully saturated rings. The van der Waals surface area contributed by atoms with E-state index in [2.05, 4.69) is 10.2 Å². The Labute approximate surface area is 164 Å². The van der Waals surface area contributed by atoms with Crippen molar-refractivity contribution in [2.45, 2.75) is 26.3 Å². The van der Waals surface area contributed by atoms with Crippen LogP contribution in [0.15, 0.2) is 34.7 Å². The number of nitrogens with one attached hydrogen (secondary N) is 1. The van der Waals surface area contributed by atoms with Crippen LogP contribution in [0.5, 0.6) is 0 Å². The largest absolute Gasteiger partial charge is 0.343 e. The Morgan fingerprint density at radius 3 is 2.79 bits per heavy atom. The van der Waals surface area contributed by atoms with Crippen LogP contribution < -0.4 is 11.4 Å². The third kappa shape index (κ3) is 4.45. The smallest absolute Gasteiger partial charge is 0.339 e. The van der Waals surface area contributed by atoms with Crippen molar-refractivity contribution in [2.75, 3.05) is 19.6 Å². The van der Waals surface area contributed by atoms with E-state index < -0.39 is 11.8 Å². The maximum Gasteiger partial charge on any atom is 0.343 e. The number of carbonyl (C=O) groups is 1. The molecule has 3 heterocycles. The number of amides is 1. The monoisotopic (exact) mass is 409 g/mol. The van der Waals surface area contributed by atoms with Gasteiger partial charge in [-0.1, -0.05) is 6.08 Å². The standard InChI is InChI=1S/C18H21F2N5O2S/c1-11(26)24-6-4-12(5-7-24)15-3-2-14(28-15)10-25-16(22-23-18(25)27)8-13(9-21)17(19)20/h2-4H,5-10,21H2,1H3,(H,23,27). The van der Waals surface area contributed by atoms with Crippen molar-refractivity contribution in [3.8, 4) is 0 Å².